The first-order valence-corrected chi connectivity index (χ1v) is 10.2. The average Bonchev–Trinajstić information content (AvgIpc) is 2.54. The van der Waals surface area contributed by atoms with Gasteiger partial charge in [0.2, 0.25) is 6.29 Å². The van der Waals surface area contributed by atoms with Crippen LogP contribution in [-0.2, 0) is 4.79 Å². The highest BCUT2D eigenvalue weighted by molar-refractivity contribution is 5.54. The maximum absolute atomic E-state index is 10.7. The number of hydrogen-bond donors (Lipinski definition) is 0. The Morgan fingerprint density at radius 1 is 0.545 bits per heavy atom. The van der Waals surface area contributed by atoms with Crippen molar-refractivity contribution in [3.05, 3.63) is 0 Å². The van der Waals surface area contributed by atoms with Gasteiger partial charge in [-0.05, 0) is 12.8 Å². The van der Waals surface area contributed by atoms with Crippen LogP contribution in [0.2, 0.25) is 0 Å². The van der Waals surface area contributed by atoms with Crippen molar-refractivity contribution in [1.82, 2.24) is 0 Å². The second-order valence-corrected chi connectivity index (χ2v) is 6.99. The van der Waals surface area contributed by atoms with Crippen LogP contribution < -0.4 is 0 Å². The van der Waals surface area contributed by atoms with Gasteiger partial charge in [-0.2, -0.15) is 0 Å². The van der Waals surface area contributed by atoms with Gasteiger partial charge in [0, 0.05) is 5.92 Å². The van der Waals surface area contributed by atoms with E-state index in [0.717, 1.165) is 19.3 Å². The monoisotopic (exact) mass is 309 g/mol. The van der Waals surface area contributed by atoms with E-state index in [-0.39, 0.29) is 5.92 Å². The molecule has 0 fully saturated rings. The van der Waals surface area contributed by atoms with Crippen LogP contribution in [0.5, 0.6) is 0 Å². The fraction of sp³-hybridized carbons (Fsp3) is 0.952. The van der Waals surface area contributed by atoms with Crippen molar-refractivity contribution in [3.63, 3.8) is 0 Å². The van der Waals surface area contributed by atoms with Crippen LogP contribution in [0.1, 0.15) is 123 Å². The SMILES string of the molecule is CCCCCCCCCCCCCCCCC([C]=O)CCC. The van der Waals surface area contributed by atoms with E-state index in [1.807, 2.05) is 0 Å². The minimum atomic E-state index is 0.210. The second kappa shape index (κ2) is 18.7. The smallest absolute Gasteiger partial charge is 0.201 e. The van der Waals surface area contributed by atoms with Crippen LogP contribution in [0, 0.1) is 5.92 Å². The van der Waals surface area contributed by atoms with E-state index in [0.29, 0.717) is 0 Å². The van der Waals surface area contributed by atoms with E-state index < -0.39 is 0 Å². The molecule has 1 nitrogen and oxygen atoms in total. The lowest BCUT2D eigenvalue weighted by Crippen LogP contribution is -2.01. The first kappa shape index (κ1) is 21.7. The summed E-state index contributed by atoms with van der Waals surface area (Å²) in [5, 5.41) is 0. The zero-order valence-corrected chi connectivity index (χ0v) is 15.5. The lowest BCUT2D eigenvalue weighted by molar-refractivity contribution is 0.464. The Kier molecular flexibility index (Phi) is 18.4. The van der Waals surface area contributed by atoms with Gasteiger partial charge in [0.25, 0.3) is 0 Å². The van der Waals surface area contributed by atoms with E-state index >= 15 is 0 Å². The van der Waals surface area contributed by atoms with E-state index in [1.165, 1.54) is 89.9 Å². The standard InChI is InChI=1S/C21H41O/c1-3-5-6-7-8-9-10-11-12-13-14-15-16-17-19-21(20-22)18-4-2/h21H,3-19H2,1-2H3. The average molecular weight is 310 g/mol. The van der Waals surface area contributed by atoms with Gasteiger partial charge < -0.3 is 0 Å². The Balaban J connectivity index is 3.09. The molecule has 0 aromatic rings. The third-order valence-electron chi connectivity index (χ3n) is 4.71. The van der Waals surface area contributed by atoms with Crippen molar-refractivity contribution < 1.29 is 4.79 Å². The van der Waals surface area contributed by atoms with Gasteiger partial charge >= 0.3 is 0 Å². The van der Waals surface area contributed by atoms with Gasteiger partial charge in [-0.25, -0.2) is 0 Å². The highest BCUT2D eigenvalue weighted by Crippen LogP contribution is 2.16. The van der Waals surface area contributed by atoms with Gasteiger partial charge in [0.1, 0.15) is 0 Å². The van der Waals surface area contributed by atoms with Crippen LogP contribution in [0.25, 0.3) is 0 Å². The molecule has 0 spiro atoms. The molecule has 1 unspecified atom stereocenters. The molecule has 0 amide bonds. The predicted octanol–water partition coefficient (Wildman–Crippen LogP) is 7.38. The number of carbonyl (C=O) groups excluding carboxylic acids is 1. The summed E-state index contributed by atoms with van der Waals surface area (Å²) in [6, 6.07) is 0. The van der Waals surface area contributed by atoms with Gasteiger partial charge in [0.05, 0.1) is 0 Å². The number of hydrogen-bond acceptors (Lipinski definition) is 1. The van der Waals surface area contributed by atoms with Crippen molar-refractivity contribution in [2.45, 2.75) is 123 Å². The molecule has 1 atom stereocenters. The Bertz CT molecular complexity index is 212. The van der Waals surface area contributed by atoms with Crippen molar-refractivity contribution in [2.24, 2.45) is 5.92 Å². The molecule has 131 valence electrons. The highest BCUT2D eigenvalue weighted by Gasteiger charge is 2.06. The Labute approximate surface area is 140 Å². The molecule has 1 radical (unpaired) electrons. The van der Waals surface area contributed by atoms with Crippen molar-refractivity contribution in [3.8, 4) is 0 Å². The highest BCUT2D eigenvalue weighted by atomic mass is 16.1. The Hall–Kier alpha value is -0.330. The molecule has 0 aliphatic carbocycles. The Morgan fingerprint density at radius 3 is 1.32 bits per heavy atom. The molecular weight excluding hydrogens is 268 g/mol. The lowest BCUT2D eigenvalue weighted by atomic mass is 9.97. The fourth-order valence-electron chi connectivity index (χ4n) is 3.20. The molecule has 0 heterocycles. The zero-order chi connectivity index (χ0) is 16.3. The molecule has 0 aliphatic rings. The summed E-state index contributed by atoms with van der Waals surface area (Å²) >= 11 is 0. The predicted molar refractivity (Wildman–Crippen MR) is 99.0 cm³/mol. The van der Waals surface area contributed by atoms with Crippen LogP contribution >= 0.6 is 0 Å². The molecule has 0 saturated carbocycles. The normalized spacial score (nSPS) is 12.5. The van der Waals surface area contributed by atoms with Crippen LogP contribution in [-0.4, -0.2) is 6.29 Å². The van der Waals surface area contributed by atoms with Gasteiger partial charge in [0.15, 0.2) is 0 Å². The Morgan fingerprint density at radius 2 is 0.955 bits per heavy atom. The van der Waals surface area contributed by atoms with Gasteiger partial charge in [-0.1, -0.05) is 110 Å². The van der Waals surface area contributed by atoms with E-state index in [1.54, 1.807) is 0 Å². The van der Waals surface area contributed by atoms with E-state index in [2.05, 4.69) is 20.1 Å². The van der Waals surface area contributed by atoms with Gasteiger partial charge in [-0.3, -0.25) is 4.79 Å². The third kappa shape index (κ3) is 16.0. The van der Waals surface area contributed by atoms with Crippen molar-refractivity contribution in [1.29, 1.82) is 0 Å². The molecule has 22 heavy (non-hydrogen) atoms. The van der Waals surface area contributed by atoms with Crippen LogP contribution in [0.4, 0.5) is 0 Å². The van der Waals surface area contributed by atoms with Crippen LogP contribution in [0.15, 0.2) is 0 Å². The third-order valence-corrected chi connectivity index (χ3v) is 4.71. The molecular formula is C21H41O. The van der Waals surface area contributed by atoms with Crippen LogP contribution in [0.3, 0.4) is 0 Å². The maximum atomic E-state index is 10.7. The quantitative estimate of drug-likeness (QED) is 0.241. The zero-order valence-electron chi connectivity index (χ0n) is 15.5. The number of unbranched alkanes of at least 4 members (excludes halogenated alkanes) is 13. The molecule has 0 aromatic carbocycles. The maximum Gasteiger partial charge on any atom is 0.201 e. The first-order chi connectivity index (χ1) is 10.8. The summed E-state index contributed by atoms with van der Waals surface area (Å²) in [6.45, 7) is 4.43. The van der Waals surface area contributed by atoms with E-state index in [9.17, 15) is 4.79 Å². The summed E-state index contributed by atoms with van der Waals surface area (Å²) in [6.07, 6.45) is 25.0. The molecule has 1 heteroatoms. The largest absolute Gasteiger partial charge is 0.291 e. The number of rotatable bonds is 18. The lowest BCUT2D eigenvalue weighted by Gasteiger charge is -2.07. The van der Waals surface area contributed by atoms with Crippen molar-refractivity contribution >= 4 is 6.29 Å². The molecule has 0 rings (SSSR count). The summed E-state index contributed by atoms with van der Waals surface area (Å²) in [5.74, 6) is 0.210. The molecule has 0 bridgehead atoms. The first-order valence-electron chi connectivity index (χ1n) is 10.2. The molecule has 0 saturated heterocycles. The van der Waals surface area contributed by atoms with E-state index in [4.69, 9.17) is 0 Å². The minimum Gasteiger partial charge on any atom is -0.291 e. The molecule has 0 aromatic heterocycles. The summed E-state index contributed by atoms with van der Waals surface area (Å²) in [5.41, 5.74) is 0. The fourth-order valence-corrected chi connectivity index (χ4v) is 3.20. The molecule has 0 aliphatic heterocycles. The van der Waals surface area contributed by atoms with Gasteiger partial charge in [-0.15, -0.1) is 0 Å². The topological polar surface area (TPSA) is 17.1 Å². The second-order valence-electron chi connectivity index (χ2n) is 6.99. The summed E-state index contributed by atoms with van der Waals surface area (Å²) < 4.78 is 0. The minimum absolute atomic E-state index is 0.210. The molecule has 0 N–H and O–H groups in total. The summed E-state index contributed by atoms with van der Waals surface area (Å²) in [7, 11) is 0. The summed E-state index contributed by atoms with van der Waals surface area (Å²) in [4.78, 5) is 10.7. The van der Waals surface area contributed by atoms with Crippen molar-refractivity contribution in [2.75, 3.05) is 0 Å².